The predicted octanol–water partition coefficient (Wildman–Crippen LogP) is 6.29. The maximum atomic E-state index is 3.52. The van der Waals surface area contributed by atoms with Crippen LogP contribution in [0.2, 0.25) is 0 Å². The van der Waals surface area contributed by atoms with Gasteiger partial charge in [-0.15, -0.1) is 35.4 Å². The van der Waals surface area contributed by atoms with Crippen LogP contribution in [0.4, 0.5) is 0 Å². The van der Waals surface area contributed by atoms with Crippen molar-refractivity contribution in [3.8, 4) is 33.4 Å². The molecule has 0 saturated carbocycles. The summed E-state index contributed by atoms with van der Waals surface area (Å²) >= 11 is 0. The van der Waals surface area contributed by atoms with Gasteiger partial charge in [0.05, 0.1) is 0 Å². The molecule has 0 amide bonds. The zero-order chi connectivity index (χ0) is 16.2. The fraction of sp³-hybridized carbons (Fsp3) is 0. The van der Waals surface area contributed by atoms with E-state index in [0.29, 0.717) is 0 Å². The first-order chi connectivity index (χ1) is 11.9. The van der Waals surface area contributed by atoms with Crippen molar-refractivity contribution in [1.29, 1.82) is 0 Å². The maximum Gasteiger partial charge on any atom is 2.00 e. The molecule has 0 atom stereocenters. The van der Waals surface area contributed by atoms with Crippen LogP contribution in [0.15, 0.2) is 97.1 Å². The van der Waals surface area contributed by atoms with Gasteiger partial charge in [0.25, 0.3) is 0 Å². The Morgan fingerprint density at radius 1 is 0.360 bits per heavy atom. The summed E-state index contributed by atoms with van der Waals surface area (Å²) in [6.45, 7) is 0. The van der Waals surface area contributed by atoms with Gasteiger partial charge in [-0.2, -0.15) is 35.4 Å². The van der Waals surface area contributed by atoms with Crippen LogP contribution >= 0.6 is 0 Å². The second kappa shape index (κ2) is 8.10. The number of hydrogen-bond acceptors (Lipinski definition) is 0. The van der Waals surface area contributed by atoms with Crippen LogP contribution in [0.25, 0.3) is 33.4 Å². The summed E-state index contributed by atoms with van der Waals surface area (Å²) in [7, 11) is 0. The van der Waals surface area contributed by atoms with Crippen molar-refractivity contribution in [2.45, 2.75) is 0 Å². The molecule has 0 aliphatic carbocycles. The molecule has 0 saturated heterocycles. The van der Waals surface area contributed by atoms with Crippen LogP contribution < -0.4 is 0 Å². The molecule has 0 aliphatic rings. The third-order valence-corrected chi connectivity index (χ3v) is 4.05. The van der Waals surface area contributed by atoms with Gasteiger partial charge < -0.3 is 0 Å². The largest absolute Gasteiger partial charge is 2.00 e. The summed E-state index contributed by atoms with van der Waals surface area (Å²) < 4.78 is 0. The van der Waals surface area contributed by atoms with Gasteiger partial charge >= 0.3 is 21.1 Å². The molecule has 118 valence electrons. The third kappa shape index (κ3) is 3.98. The van der Waals surface area contributed by atoms with Gasteiger partial charge in [0.15, 0.2) is 0 Å². The van der Waals surface area contributed by atoms with Crippen LogP contribution in [-0.4, -0.2) is 0 Å². The van der Waals surface area contributed by atoms with E-state index in [-0.39, 0.29) is 21.1 Å². The molecule has 0 radical (unpaired) electrons. The minimum Gasteiger partial charge on any atom is -0.183 e. The summed E-state index contributed by atoms with van der Waals surface area (Å²) in [5.74, 6) is 0. The van der Waals surface area contributed by atoms with Crippen molar-refractivity contribution in [2.24, 2.45) is 0 Å². The van der Waals surface area contributed by atoms with Crippen molar-refractivity contribution >= 4 is 0 Å². The standard InChI is InChI=1S/C24H16.W/c1-3-9-19(10-4-1)21-13-7-15-23(17-21)24-16-8-14-22(18-24)20-11-5-2-6-12-20;/h1-16H;/q-2;+2. The SMILES string of the molecule is [W+2].[c-]1c(-c2[c-]c(-c3ccccc3)ccc2)cccc1-c1ccccc1. The molecule has 4 aromatic carbocycles. The molecule has 0 aromatic heterocycles. The molecule has 0 N–H and O–H groups in total. The molecule has 25 heavy (non-hydrogen) atoms. The molecule has 4 rings (SSSR count). The van der Waals surface area contributed by atoms with Gasteiger partial charge in [0.2, 0.25) is 0 Å². The normalized spacial score (nSPS) is 10.1. The molecule has 0 heterocycles. The van der Waals surface area contributed by atoms with E-state index in [0.717, 1.165) is 22.3 Å². The Hall–Kier alpha value is -2.43. The fourth-order valence-corrected chi connectivity index (χ4v) is 2.82. The van der Waals surface area contributed by atoms with E-state index >= 15 is 0 Å². The molecular weight excluding hydrogens is 472 g/mol. The first kappa shape index (κ1) is 17.4. The van der Waals surface area contributed by atoms with Gasteiger partial charge in [-0.3, -0.25) is 0 Å². The van der Waals surface area contributed by atoms with Crippen molar-refractivity contribution in [2.75, 3.05) is 0 Å². The van der Waals surface area contributed by atoms with Gasteiger partial charge in [-0.1, -0.05) is 71.8 Å². The molecule has 0 unspecified atom stereocenters. The van der Waals surface area contributed by atoms with E-state index in [9.17, 15) is 0 Å². The maximum absolute atomic E-state index is 3.52. The summed E-state index contributed by atoms with van der Waals surface area (Å²) in [5, 5.41) is 0. The van der Waals surface area contributed by atoms with Crippen LogP contribution in [0.5, 0.6) is 0 Å². The Morgan fingerprint density at radius 3 is 1.12 bits per heavy atom. The summed E-state index contributed by atoms with van der Waals surface area (Å²) in [5.41, 5.74) is 6.69. The molecule has 0 aliphatic heterocycles. The topological polar surface area (TPSA) is 0 Å². The smallest absolute Gasteiger partial charge is 0.183 e. The second-order valence-corrected chi connectivity index (χ2v) is 5.69. The van der Waals surface area contributed by atoms with E-state index < -0.39 is 0 Å². The van der Waals surface area contributed by atoms with Gasteiger partial charge in [-0.05, 0) is 0 Å². The van der Waals surface area contributed by atoms with Crippen molar-refractivity contribution in [3.63, 3.8) is 0 Å². The van der Waals surface area contributed by atoms with Crippen LogP contribution in [0.3, 0.4) is 0 Å². The van der Waals surface area contributed by atoms with E-state index in [1.165, 1.54) is 11.1 Å². The first-order valence-corrected chi connectivity index (χ1v) is 8.06. The molecule has 0 nitrogen and oxygen atoms in total. The summed E-state index contributed by atoms with van der Waals surface area (Å²) in [6.07, 6.45) is 0. The van der Waals surface area contributed by atoms with Crippen molar-refractivity contribution in [3.05, 3.63) is 109 Å². The summed E-state index contributed by atoms with van der Waals surface area (Å²) in [6, 6.07) is 40.3. The van der Waals surface area contributed by atoms with Crippen LogP contribution in [0.1, 0.15) is 0 Å². The zero-order valence-electron chi connectivity index (χ0n) is 13.6. The zero-order valence-corrected chi connectivity index (χ0v) is 16.6. The Balaban J connectivity index is 0.00000182. The Kier molecular flexibility index (Phi) is 5.63. The number of hydrogen-bond donors (Lipinski definition) is 0. The summed E-state index contributed by atoms with van der Waals surface area (Å²) in [4.78, 5) is 0. The Morgan fingerprint density at radius 2 is 0.720 bits per heavy atom. The molecule has 1 heteroatoms. The van der Waals surface area contributed by atoms with Crippen molar-refractivity contribution in [1.82, 2.24) is 0 Å². The van der Waals surface area contributed by atoms with E-state index in [2.05, 4.69) is 97.1 Å². The minimum atomic E-state index is 0. The monoisotopic (exact) mass is 488 g/mol. The Bertz CT molecular complexity index is 863. The average Bonchev–Trinajstić information content (AvgIpc) is 2.70. The third-order valence-electron chi connectivity index (χ3n) is 4.05. The van der Waals surface area contributed by atoms with E-state index in [4.69, 9.17) is 0 Å². The van der Waals surface area contributed by atoms with Gasteiger partial charge in [0, 0.05) is 0 Å². The number of rotatable bonds is 3. The van der Waals surface area contributed by atoms with E-state index in [1.54, 1.807) is 0 Å². The quantitative estimate of drug-likeness (QED) is 0.298. The molecule has 4 aromatic rings. The van der Waals surface area contributed by atoms with E-state index in [1.807, 2.05) is 12.1 Å². The predicted molar refractivity (Wildman–Crippen MR) is 100 cm³/mol. The molecule has 0 fully saturated rings. The molecule has 0 spiro atoms. The average molecular weight is 488 g/mol. The van der Waals surface area contributed by atoms with Gasteiger partial charge in [0.1, 0.15) is 0 Å². The minimum absolute atomic E-state index is 0. The van der Waals surface area contributed by atoms with Crippen LogP contribution in [0, 0.1) is 12.1 Å². The molecule has 0 bridgehead atoms. The molecular formula is C24H16W. The second-order valence-electron chi connectivity index (χ2n) is 5.69. The van der Waals surface area contributed by atoms with Crippen LogP contribution in [-0.2, 0) is 21.1 Å². The Labute approximate surface area is 163 Å². The number of benzene rings is 4. The fourth-order valence-electron chi connectivity index (χ4n) is 2.82. The van der Waals surface area contributed by atoms with Gasteiger partial charge in [-0.25, -0.2) is 0 Å². The van der Waals surface area contributed by atoms with Crippen molar-refractivity contribution < 1.29 is 21.1 Å². The first-order valence-electron chi connectivity index (χ1n) is 8.06.